The Kier molecular flexibility index (Phi) is 5.82. The molecule has 0 aliphatic rings. The highest BCUT2D eigenvalue weighted by atomic mass is 35.5. The molecule has 31 heavy (non-hydrogen) atoms. The molecule has 0 saturated carbocycles. The fraction of sp³-hybridized carbons (Fsp3) is 0.0417. The SMILES string of the molecule is COc1ccc(Nc2cncc(-c3cccc(C(=O)c4cccnc4Cl)c3N)c2)cc1. The summed E-state index contributed by atoms with van der Waals surface area (Å²) in [5, 5.41) is 3.45. The third-order valence-corrected chi connectivity index (χ3v) is 5.08. The molecule has 0 fully saturated rings. The van der Waals surface area contributed by atoms with Gasteiger partial charge in [-0.1, -0.05) is 23.7 Å². The van der Waals surface area contributed by atoms with Gasteiger partial charge in [0.2, 0.25) is 0 Å². The van der Waals surface area contributed by atoms with Crippen molar-refractivity contribution in [2.75, 3.05) is 18.2 Å². The maximum Gasteiger partial charge on any atom is 0.198 e. The van der Waals surface area contributed by atoms with Crippen molar-refractivity contribution < 1.29 is 9.53 Å². The van der Waals surface area contributed by atoms with Crippen molar-refractivity contribution in [3.8, 4) is 16.9 Å². The van der Waals surface area contributed by atoms with Gasteiger partial charge in [0.05, 0.1) is 30.2 Å². The van der Waals surface area contributed by atoms with Gasteiger partial charge in [-0.2, -0.15) is 0 Å². The summed E-state index contributed by atoms with van der Waals surface area (Å²) in [6.07, 6.45) is 4.95. The lowest BCUT2D eigenvalue weighted by Gasteiger charge is -2.13. The molecule has 0 saturated heterocycles. The number of nitrogen functional groups attached to an aromatic ring is 1. The molecular weight excluding hydrogens is 412 g/mol. The van der Waals surface area contributed by atoms with Crippen LogP contribution in [0.4, 0.5) is 17.1 Å². The zero-order chi connectivity index (χ0) is 21.8. The number of carbonyl (C=O) groups is 1. The van der Waals surface area contributed by atoms with Gasteiger partial charge in [0.1, 0.15) is 10.9 Å². The van der Waals surface area contributed by atoms with Gasteiger partial charge in [0.15, 0.2) is 5.78 Å². The van der Waals surface area contributed by atoms with Gasteiger partial charge >= 0.3 is 0 Å². The van der Waals surface area contributed by atoms with E-state index in [1.807, 2.05) is 36.4 Å². The number of nitrogens with two attached hydrogens (primary N) is 1. The maximum absolute atomic E-state index is 13.0. The second-order valence-electron chi connectivity index (χ2n) is 6.75. The van der Waals surface area contributed by atoms with Gasteiger partial charge < -0.3 is 15.8 Å². The maximum atomic E-state index is 13.0. The number of pyridine rings is 2. The Morgan fingerprint density at radius 2 is 1.77 bits per heavy atom. The van der Waals surface area contributed by atoms with E-state index in [2.05, 4.69) is 15.3 Å². The monoisotopic (exact) mass is 430 g/mol. The molecule has 4 rings (SSSR count). The molecule has 154 valence electrons. The average molecular weight is 431 g/mol. The van der Waals surface area contributed by atoms with E-state index in [-0.39, 0.29) is 10.9 Å². The first kappa shape index (κ1) is 20.4. The van der Waals surface area contributed by atoms with Gasteiger partial charge in [-0.05, 0) is 48.5 Å². The Balaban J connectivity index is 1.66. The summed E-state index contributed by atoms with van der Waals surface area (Å²) in [4.78, 5) is 21.3. The van der Waals surface area contributed by atoms with Crippen molar-refractivity contribution in [1.82, 2.24) is 9.97 Å². The minimum Gasteiger partial charge on any atom is -0.497 e. The Labute approximate surface area is 184 Å². The molecule has 0 aliphatic heterocycles. The van der Waals surface area contributed by atoms with Crippen LogP contribution < -0.4 is 15.8 Å². The van der Waals surface area contributed by atoms with Crippen LogP contribution in [0.5, 0.6) is 5.75 Å². The molecule has 4 aromatic rings. The number of nitrogens with zero attached hydrogens (tertiary/aromatic N) is 2. The van der Waals surface area contributed by atoms with E-state index >= 15 is 0 Å². The van der Waals surface area contributed by atoms with Crippen molar-refractivity contribution in [3.05, 3.63) is 95.5 Å². The Morgan fingerprint density at radius 3 is 2.52 bits per heavy atom. The Hall–Kier alpha value is -3.90. The molecule has 6 nitrogen and oxygen atoms in total. The van der Waals surface area contributed by atoms with Crippen LogP contribution in [0.1, 0.15) is 15.9 Å². The first-order valence-electron chi connectivity index (χ1n) is 9.47. The molecular formula is C24H19ClN4O2. The second kappa shape index (κ2) is 8.85. The van der Waals surface area contributed by atoms with Crippen LogP contribution >= 0.6 is 11.6 Å². The van der Waals surface area contributed by atoms with Crippen LogP contribution in [0.3, 0.4) is 0 Å². The molecule has 0 radical (unpaired) electrons. The summed E-state index contributed by atoms with van der Waals surface area (Å²) in [6, 6.07) is 18.1. The lowest BCUT2D eigenvalue weighted by Crippen LogP contribution is -2.07. The molecule has 0 spiro atoms. The molecule has 2 heterocycles. The molecule has 0 amide bonds. The van der Waals surface area contributed by atoms with Crippen LogP contribution in [-0.2, 0) is 0 Å². The molecule has 3 N–H and O–H groups in total. The summed E-state index contributed by atoms with van der Waals surface area (Å²) in [5.74, 6) is 0.498. The number of hydrogen-bond acceptors (Lipinski definition) is 6. The predicted molar refractivity (Wildman–Crippen MR) is 123 cm³/mol. The molecule has 0 unspecified atom stereocenters. The number of aromatic nitrogens is 2. The third kappa shape index (κ3) is 4.34. The van der Waals surface area contributed by atoms with Crippen LogP contribution in [-0.4, -0.2) is 22.9 Å². The van der Waals surface area contributed by atoms with Gasteiger partial charge in [0, 0.05) is 34.8 Å². The molecule has 0 bridgehead atoms. The quantitative estimate of drug-likeness (QED) is 0.243. The fourth-order valence-electron chi connectivity index (χ4n) is 3.21. The van der Waals surface area contributed by atoms with Crippen LogP contribution in [0.15, 0.2) is 79.3 Å². The number of para-hydroxylation sites is 1. The lowest BCUT2D eigenvalue weighted by atomic mass is 9.97. The Morgan fingerprint density at radius 1 is 1.00 bits per heavy atom. The van der Waals surface area contributed by atoms with Crippen LogP contribution in [0, 0.1) is 0 Å². The average Bonchev–Trinajstić information content (AvgIpc) is 2.80. The van der Waals surface area contributed by atoms with Gasteiger partial charge in [-0.15, -0.1) is 0 Å². The van der Waals surface area contributed by atoms with Crippen LogP contribution in [0.25, 0.3) is 11.1 Å². The van der Waals surface area contributed by atoms with Gasteiger partial charge in [-0.3, -0.25) is 9.78 Å². The number of ether oxygens (including phenoxy) is 1. The van der Waals surface area contributed by atoms with E-state index in [4.69, 9.17) is 22.1 Å². The van der Waals surface area contributed by atoms with Gasteiger partial charge in [0.25, 0.3) is 0 Å². The number of hydrogen-bond donors (Lipinski definition) is 2. The zero-order valence-corrected chi connectivity index (χ0v) is 17.4. The fourth-order valence-corrected chi connectivity index (χ4v) is 3.42. The standard InChI is InChI=1S/C24H19ClN4O2/c1-31-18-9-7-16(8-10-18)29-17-12-15(13-27-14-17)19-4-2-5-20(22(19)26)23(30)21-6-3-11-28-24(21)25/h2-14,29H,26H2,1H3. The topological polar surface area (TPSA) is 90.1 Å². The highest BCUT2D eigenvalue weighted by molar-refractivity contribution is 6.34. The number of halogens is 1. The van der Waals surface area contributed by atoms with Crippen molar-refractivity contribution >= 4 is 34.4 Å². The number of methoxy groups -OCH3 is 1. The smallest absolute Gasteiger partial charge is 0.198 e. The highest BCUT2D eigenvalue weighted by Crippen LogP contribution is 2.32. The number of rotatable bonds is 6. The zero-order valence-electron chi connectivity index (χ0n) is 16.7. The summed E-state index contributed by atoms with van der Waals surface area (Å²) in [7, 11) is 1.63. The van der Waals surface area contributed by atoms with E-state index in [0.717, 1.165) is 22.7 Å². The number of anilines is 3. The van der Waals surface area contributed by atoms with Gasteiger partial charge in [-0.25, -0.2) is 4.98 Å². The minimum atomic E-state index is -0.280. The minimum absolute atomic E-state index is 0.143. The normalized spacial score (nSPS) is 10.5. The summed E-state index contributed by atoms with van der Waals surface area (Å²) in [5.41, 5.74) is 10.6. The van der Waals surface area contributed by atoms with E-state index in [1.165, 1.54) is 6.20 Å². The van der Waals surface area contributed by atoms with Crippen LogP contribution in [0.2, 0.25) is 5.15 Å². The molecule has 2 aromatic carbocycles. The number of ketones is 1. The number of benzene rings is 2. The molecule has 7 heteroatoms. The lowest BCUT2D eigenvalue weighted by molar-refractivity contribution is 0.103. The summed E-state index contributed by atoms with van der Waals surface area (Å²) in [6.45, 7) is 0. The number of carbonyl (C=O) groups excluding carboxylic acids is 1. The summed E-state index contributed by atoms with van der Waals surface area (Å²) < 4.78 is 5.19. The largest absolute Gasteiger partial charge is 0.497 e. The van der Waals surface area contributed by atoms with Crippen molar-refractivity contribution in [3.63, 3.8) is 0 Å². The molecule has 2 aromatic heterocycles. The van der Waals surface area contributed by atoms with E-state index in [9.17, 15) is 4.79 Å². The second-order valence-corrected chi connectivity index (χ2v) is 7.11. The van der Waals surface area contributed by atoms with Crippen molar-refractivity contribution in [2.24, 2.45) is 0 Å². The first-order valence-corrected chi connectivity index (χ1v) is 9.85. The van der Waals surface area contributed by atoms with E-state index in [0.29, 0.717) is 22.4 Å². The van der Waals surface area contributed by atoms with Crippen molar-refractivity contribution in [2.45, 2.75) is 0 Å². The third-order valence-electron chi connectivity index (χ3n) is 4.78. The first-order chi connectivity index (χ1) is 15.1. The predicted octanol–water partition coefficient (Wildman–Crippen LogP) is 5.36. The Bertz CT molecular complexity index is 1240. The molecule has 0 atom stereocenters. The number of nitrogens with one attached hydrogen (secondary N) is 1. The summed E-state index contributed by atoms with van der Waals surface area (Å²) >= 11 is 6.10. The highest BCUT2D eigenvalue weighted by Gasteiger charge is 2.18. The van der Waals surface area contributed by atoms with E-state index < -0.39 is 0 Å². The van der Waals surface area contributed by atoms with E-state index in [1.54, 1.807) is 43.8 Å². The van der Waals surface area contributed by atoms with Crippen molar-refractivity contribution in [1.29, 1.82) is 0 Å². The molecule has 0 aliphatic carbocycles.